The molecule has 0 fully saturated rings. The van der Waals surface area contributed by atoms with E-state index in [1.165, 1.54) is 6.20 Å². The van der Waals surface area contributed by atoms with Crippen LogP contribution in [-0.4, -0.2) is 11.8 Å². The van der Waals surface area contributed by atoms with Crippen LogP contribution in [0.1, 0.15) is 5.56 Å². The Kier molecular flexibility index (Phi) is 2.58. The fourth-order valence-corrected chi connectivity index (χ4v) is 1.78. The summed E-state index contributed by atoms with van der Waals surface area (Å²) in [6.07, 6.45) is 1.50. The maximum Gasteiger partial charge on any atom is 0.231 e. The van der Waals surface area contributed by atoms with Crippen molar-refractivity contribution in [1.29, 1.82) is 5.26 Å². The second-order valence-electron chi connectivity index (χ2n) is 3.97. The smallest absolute Gasteiger partial charge is 0.231 e. The number of pyridine rings is 1. The number of hydrogen-bond acceptors (Lipinski definition) is 6. The van der Waals surface area contributed by atoms with Crippen LogP contribution < -0.4 is 20.5 Å². The Balaban J connectivity index is 1.92. The predicted octanol–water partition coefficient (Wildman–Crippen LogP) is 2.01. The van der Waals surface area contributed by atoms with Crippen LogP contribution in [0.5, 0.6) is 11.5 Å². The zero-order valence-electron chi connectivity index (χ0n) is 9.88. The van der Waals surface area contributed by atoms with Gasteiger partial charge in [0.2, 0.25) is 6.79 Å². The second-order valence-corrected chi connectivity index (χ2v) is 3.97. The number of nitrogens with zero attached hydrogens (tertiary/aromatic N) is 2. The molecule has 6 nitrogen and oxygen atoms in total. The molecule has 0 spiro atoms. The number of nitrogen functional groups attached to an aromatic ring is 1. The maximum atomic E-state index is 9.05. The minimum Gasteiger partial charge on any atom is -0.454 e. The predicted molar refractivity (Wildman–Crippen MR) is 69.2 cm³/mol. The van der Waals surface area contributed by atoms with E-state index in [4.69, 9.17) is 20.5 Å². The summed E-state index contributed by atoms with van der Waals surface area (Å²) in [5, 5.41) is 12.1. The van der Waals surface area contributed by atoms with Gasteiger partial charge >= 0.3 is 0 Å². The molecule has 1 aromatic heterocycles. The van der Waals surface area contributed by atoms with Crippen molar-refractivity contribution >= 4 is 17.2 Å². The molecule has 94 valence electrons. The Morgan fingerprint density at radius 1 is 1.26 bits per heavy atom. The number of hydrogen-bond donors (Lipinski definition) is 2. The topological polar surface area (TPSA) is 93.2 Å². The van der Waals surface area contributed by atoms with Crippen molar-refractivity contribution in [3.63, 3.8) is 0 Å². The third-order valence-corrected chi connectivity index (χ3v) is 2.66. The lowest BCUT2D eigenvalue weighted by Gasteiger charge is -2.08. The standard InChI is InChI=1S/C13H10N4O2/c14-5-8-3-9(15)6-16-13(8)17-10-1-2-11-12(4-10)19-7-18-11/h1-4,6H,7,15H2,(H,16,17). The highest BCUT2D eigenvalue weighted by Crippen LogP contribution is 2.35. The number of benzene rings is 1. The van der Waals surface area contributed by atoms with Crippen LogP contribution in [0.4, 0.5) is 17.2 Å². The molecule has 0 aliphatic carbocycles. The van der Waals surface area contributed by atoms with Gasteiger partial charge in [-0.25, -0.2) is 4.98 Å². The van der Waals surface area contributed by atoms with Gasteiger partial charge in [0.25, 0.3) is 0 Å². The highest BCUT2D eigenvalue weighted by Gasteiger charge is 2.14. The lowest BCUT2D eigenvalue weighted by molar-refractivity contribution is 0.174. The normalized spacial score (nSPS) is 11.9. The zero-order valence-corrected chi connectivity index (χ0v) is 9.88. The lowest BCUT2D eigenvalue weighted by Crippen LogP contribution is -1.98. The number of anilines is 3. The lowest BCUT2D eigenvalue weighted by atomic mass is 10.2. The van der Waals surface area contributed by atoms with Gasteiger partial charge < -0.3 is 20.5 Å². The quantitative estimate of drug-likeness (QED) is 0.851. The van der Waals surface area contributed by atoms with E-state index in [0.717, 1.165) is 5.69 Å². The van der Waals surface area contributed by atoms with Gasteiger partial charge in [0, 0.05) is 11.8 Å². The summed E-state index contributed by atoms with van der Waals surface area (Å²) in [5.41, 5.74) is 7.19. The van der Waals surface area contributed by atoms with Gasteiger partial charge in [-0.2, -0.15) is 5.26 Å². The van der Waals surface area contributed by atoms with E-state index in [1.807, 2.05) is 12.1 Å². The van der Waals surface area contributed by atoms with Crippen molar-refractivity contribution in [2.75, 3.05) is 17.8 Å². The molecule has 2 aromatic rings. The minimum absolute atomic E-state index is 0.225. The first-order valence-electron chi connectivity index (χ1n) is 5.58. The highest BCUT2D eigenvalue weighted by atomic mass is 16.7. The van der Waals surface area contributed by atoms with Gasteiger partial charge in [-0.15, -0.1) is 0 Å². The molecule has 0 atom stereocenters. The average molecular weight is 254 g/mol. The number of fused-ring (bicyclic) bond motifs is 1. The Morgan fingerprint density at radius 3 is 2.95 bits per heavy atom. The summed E-state index contributed by atoms with van der Waals surface area (Å²) >= 11 is 0. The molecule has 2 heterocycles. The first-order valence-corrected chi connectivity index (χ1v) is 5.58. The number of ether oxygens (including phenoxy) is 2. The number of nitrogens with two attached hydrogens (primary N) is 1. The van der Waals surface area contributed by atoms with Crippen LogP contribution in [0.15, 0.2) is 30.5 Å². The molecule has 3 rings (SSSR count). The summed E-state index contributed by atoms with van der Waals surface area (Å²) in [6.45, 7) is 0.225. The van der Waals surface area contributed by atoms with Crippen molar-refractivity contribution < 1.29 is 9.47 Å². The molecule has 0 bridgehead atoms. The van der Waals surface area contributed by atoms with Gasteiger partial charge in [-0.3, -0.25) is 0 Å². The van der Waals surface area contributed by atoms with Crippen molar-refractivity contribution in [2.24, 2.45) is 0 Å². The number of aromatic nitrogens is 1. The fraction of sp³-hybridized carbons (Fsp3) is 0.0769. The van der Waals surface area contributed by atoms with Crippen LogP contribution in [0.3, 0.4) is 0 Å². The Bertz CT molecular complexity index is 679. The summed E-state index contributed by atoms with van der Waals surface area (Å²) < 4.78 is 10.5. The summed E-state index contributed by atoms with van der Waals surface area (Å²) in [5.74, 6) is 1.82. The first kappa shape index (κ1) is 11.2. The van der Waals surface area contributed by atoms with Gasteiger partial charge in [-0.1, -0.05) is 0 Å². The molecule has 6 heteroatoms. The third-order valence-electron chi connectivity index (χ3n) is 2.66. The summed E-state index contributed by atoms with van der Waals surface area (Å²) in [4.78, 5) is 4.11. The maximum absolute atomic E-state index is 9.05. The minimum atomic E-state index is 0.225. The molecule has 19 heavy (non-hydrogen) atoms. The van der Waals surface area contributed by atoms with Crippen molar-refractivity contribution in [2.45, 2.75) is 0 Å². The van der Waals surface area contributed by atoms with E-state index in [2.05, 4.69) is 10.3 Å². The number of rotatable bonds is 2. The molecular formula is C13H10N4O2. The Morgan fingerprint density at radius 2 is 2.11 bits per heavy atom. The Labute approximate surface area is 109 Å². The van der Waals surface area contributed by atoms with Crippen LogP contribution >= 0.6 is 0 Å². The number of nitrogens with one attached hydrogen (secondary N) is 1. The molecule has 3 N–H and O–H groups in total. The zero-order chi connectivity index (χ0) is 13.2. The third kappa shape index (κ3) is 2.09. The van der Waals surface area contributed by atoms with Gasteiger partial charge in [-0.05, 0) is 18.2 Å². The second kappa shape index (κ2) is 4.38. The van der Waals surface area contributed by atoms with Gasteiger partial charge in [0.05, 0.1) is 17.4 Å². The van der Waals surface area contributed by atoms with Crippen LogP contribution in [0, 0.1) is 11.3 Å². The molecule has 1 aliphatic rings. The van der Waals surface area contributed by atoms with Crippen LogP contribution in [0.25, 0.3) is 0 Å². The van der Waals surface area contributed by atoms with E-state index in [9.17, 15) is 0 Å². The summed E-state index contributed by atoms with van der Waals surface area (Å²) in [6, 6.07) is 9.04. The van der Waals surface area contributed by atoms with Crippen molar-refractivity contribution in [1.82, 2.24) is 4.98 Å². The number of nitriles is 1. The molecular weight excluding hydrogens is 244 g/mol. The highest BCUT2D eigenvalue weighted by molar-refractivity contribution is 5.67. The van der Waals surface area contributed by atoms with Crippen LogP contribution in [0.2, 0.25) is 0 Å². The molecule has 0 radical (unpaired) electrons. The first-order chi connectivity index (χ1) is 9.26. The van der Waals surface area contributed by atoms with E-state index in [0.29, 0.717) is 28.6 Å². The molecule has 0 saturated carbocycles. The molecule has 1 aromatic carbocycles. The molecule has 0 unspecified atom stereocenters. The van der Waals surface area contributed by atoms with Gasteiger partial charge in [0.1, 0.15) is 11.9 Å². The van der Waals surface area contributed by atoms with E-state index in [-0.39, 0.29) is 6.79 Å². The van der Waals surface area contributed by atoms with Crippen molar-refractivity contribution in [3.8, 4) is 17.6 Å². The average Bonchev–Trinajstić information content (AvgIpc) is 2.88. The largest absolute Gasteiger partial charge is 0.454 e. The van der Waals surface area contributed by atoms with E-state index in [1.54, 1.807) is 18.2 Å². The fourth-order valence-electron chi connectivity index (χ4n) is 1.78. The Hall–Kier alpha value is -2.94. The molecule has 1 aliphatic heterocycles. The SMILES string of the molecule is N#Cc1cc(N)cnc1Nc1ccc2c(c1)OCO2. The van der Waals surface area contributed by atoms with Gasteiger partial charge in [0.15, 0.2) is 11.5 Å². The van der Waals surface area contributed by atoms with E-state index < -0.39 is 0 Å². The molecule has 0 amide bonds. The van der Waals surface area contributed by atoms with Crippen LogP contribution in [-0.2, 0) is 0 Å². The summed E-state index contributed by atoms with van der Waals surface area (Å²) in [7, 11) is 0. The van der Waals surface area contributed by atoms with Crippen molar-refractivity contribution in [3.05, 3.63) is 36.0 Å². The molecule has 0 saturated heterocycles. The monoisotopic (exact) mass is 254 g/mol. The van der Waals surface area contributed by atoms with E-state index >= 15 is 0 Å².